The van der Waals surface area contributed by atoms with Crippen molar-refractivity contribution in [2.24, 2.45) is 16.9 Å². The second-order valence-electron chi connectivity index (χ2n) is 6.59. The third-order valence-corrected chi connectivity index (χ3v) is 4.90. The number of carbonyl (C=O) groups excluding carboxylic acids is 2. The van der Waals surface area contributed by atoms with Crippen molar-refractivity contribution in [2.45, 2.75) is 45.4 Å². The van der Waals surface area contributed by atoms with Crippen LogP contribution in [0.2, 0.25) is 0 Å². The van der Waals surface area contributed by atoms with E-state index in [2.05, 4.69) is 5.32 Å². The molecule has 0 aromatic heterocycles. The Morgan fingerprint density at radius 3 is 2.58 bits per heavy atom. The highest BCUT2D eigenvalue weighted by Crippen LogP contribution is 2.49. The van der Waals surface area contributed by atoms with E-state index in [-0.39, 0.29) is 24.4 Å². The van der Waals surface area contributed by atoms with Gasteiger partial charge in [-0.1, -0.05) is 26.0 Å². The van der Waals surface area contributed by atoms with Crippen molar-refractivity contribution in [3.63, 3.8) is 0 Å². The molecule has 0 saturated heterocycles. The van der Waals surface area contributed by atoms with Crippen LogP contribution in [0.5, 0.6) is 0 Å². The average molecular weight is 356 g/mol. The molecule has 2 unspecified atom stereocenters. The van der Waals surface area contributed by atoms with Gasteiger partial charge >= 0.3 is 0 Å². The summed E-state index contributed by atoms with van der Waals surface area (Å²) in [4.78, 5) is 23.7. The number of halogens is 1. The maximum Gasteiger partial charge on any atom is 0.248 e. The molecule has 0 radical (unpaired) electrons. The van der Waals surface area contributed by atoms with Crippen molar-refractivity contribution in [3.05, 3.63) is 35.4 Å². The van der Waals surface area contributed by atoms with Crippen LogP contribution in [0.4, 0.5) is 0 Å². The number of carbonyl (C=O) groups is 2. The molecule has 6 nitrogen and oxygen atoms in total. The first-order valence-electron chi connectivity index (χ1n) is 7.80. The van der Waals surface area contributed by atoms with Gasteiger partial charge in [0.1, 0.15) is 5.54 Å². The van der Waals surface area contributed by atoms with Gasteiger partial charge in [0, 0.05) is 30.6 Å². The molecule has 1 aliphatic carbocycles. The van der Waals surface area contributed by atoms with Crippen LogP contribution < -0.4 is 16.8 Å². The predicted molar refractivity (Wildman–Crippen MR) is 94.8 cm³/mol. The van der Waals surface area contributed by atoms with Crippen molar-refractivity contribution < 1.29 is 14.3 Å². The van der Waals surface area contributed by atoms with Crippen LogP contribution in [-0.2, 0) is 16.1 Å². The highest BCUT2D eigenvalue weighted by Gasteiger charge is 2.62. The summed E-state index contributed by atoms with van der Waals surface area (Å²) in [5.41, 5.74) is 11.4. The first kappa shape index (κ1) is 20.4. The lowest BCUT2D eigenvalue weighted by atomic mass is 9.54. The molecule has 1 aromatic rings. The van der Waals surface area contributed by atoms with Crippen LogP contribution in [-0.4, -0.2) is 30.1 Å². The van der Waals surface area contributed by atoms with E-state index in [4.69, 9.17) is 16.2 Å². The van der Waals surface area contributed by atoms with Crippen LogP contribution in [0.25, 0.3) is 0 Å². The zero-order chi connectivity index (χ0) is 17.3. The van der Waals surface area contributed by atoms with Crippen molar-refractivity contribution in [2.75, 3.05) is 6.61 Å². The largest absolute Gasteiger partial charge is 0.378 e. The molecule has 7 heteroatoms. The minimum atomic E-state index is -0.950. The van der Waals surface area contributed by atoms with E-state index in [0.717, 1.165) is 5.56 Å². The predicted octanol–water partition coefficient (Wildman–Crippen LogP) is 1.36. The fraction of sp³-hybridized carbons (Fsp3) is 0.529. The number of primary amides is 1. The standard InChI is InChI=1S/C17H25N3O3.ClH/c1-4-23-13-9-17(19,16(13,2)3)15(22)20-10-11-6-5-7-12(8-11)14(18)21;/h5-8,13H,4,9-10,19H2,1-3H3,(H2,18,21)(H,20,22);1H. The van der Waals surface area contributed by atoms with Crippen LogP contribution in [0.15, 0.2) is 24.3 Å². The summed E-state index contributed by atoms with van der Waals surface area (Å²) in [5, 5.41) is 2.85. The fourth-order valence-corrected chi connectivity index (χ4v) is 3.00. The molecular formula is C17H26ClN3O3. The topological polar surface area (TPSA) is 107 Å². The number of nitrogens with two attached hydrogens (primary N) is 2. The molecule has 1 aromatic carbocycles. The van der Waals surface area contributed by atoms with Gasteiger partial charge in [-0.3, -0.25) is 9.59 Å². The first-order valence-corrected chi connectivity index (χ1v) is 7.80. The Bertz CT molecular complexity index is 621. The van der Waals surface area contributed by atoms with Crippen LogP contribution >= 0.6 is 12.4 Å². The Balaban J connectivity index is 0.00000288. The Hall–Kier alpha value is -1.63. The fourth-order valence-electron chi connectivity index (χ4n) is 3.00. The Morgan fingerprint density at radius 2 is 2.04 bits per heavy atom. The van der Waals surface area contributed by atoms with Crippen molar-refractivity contribution in [1.29, 1.82) is 0 Å². The van der Waals surface area contributed by atoms with Gasteiger partial charge in [0.2, 0.25) is 11.8 Å². The lowest BCUT2D eigenvalue weighted by molar-refractivity contribution is -0.170. The highest BCUT2D eigenvalue weighted by molar-refractivity contribution is 5.93. The number of ether oxygens (including phenoxy) is 1. The summed E-state index contributed by atoms with van der Waals surface area (Å²) in [6.07, 6.45) is 0.488. The summed E-state index contributed by atoms with van der Waals surface area (Å²) < 4.78 is 5.63. The third kappa shape index (κ3) is 3.55. The van der Waals surface area contributed by atoms with Crippen molar-refractivity contribution in [1.82, 2.24) is 5.32 Å². The second-order valence-corrected chi connectivity index (χ2v) is 6.59. The van der Waals surface area contributed by atoms with Gasteiger partial charge in [-0.05, 0) is 24.6 Å². The van der Waals surface area contributed by atoms with Crippen molar-refractivity contribution >= 4 is 24.2 Å². The Kier molecular flexibility index (Phi) is 6.38. The number of nitrogens with one attached hydrogen (secondary N) is 1. The minimum Gasteiger partial charge on any atom is -0.378 e. The van der Waals surface area contributed by atoms with E-state index in [1.165, 1.54) is 0 Å². The maximum atomic E-state index is 12.5. The molecule has 0 spiro atoms. The Morgan fingerprint density at radius 1 is 1.38 bits per heavy atom. The molecule has 2 amide bonds. The first-order chi connectivity index (χ1) is 10.7. The SMILES string of the molecule is CCOC1CC(N)(C(=O)NCc2cccc(C(N)=O)c2)C1(C)C.Cl. The molecule has 5 N–H and O–H groups in total. The second kappa shape index (κ2) is 7.51. The molecule has 1 aliphatic rings. The van der Waals surface area contributed by atoms with Crippen LogP contribution in [0.1, 0.15) is 43.1 Å². The van der Waals surface area contributed by atoms with Gasteiger partial charge in [-0.25, -0.2) is 0 Å². The molecular weight excluding hydrogens is 330 g/mol. The maximum absolute atomic E-state index is 12.5. The molecule has 134 valence electrons. The van der Waals surface area contributed by atoms with Crippen LogP contribution in [0.3, 0.4) is 0 Å². The van der Waals surface area contributed by atoms with Crippen LogP contribution in [0, 0.1) is 5.41 Å². The minimum absolute atomic E-state index is 0. The van der Waals surface area contributed by atoms with Gasteiger partial charge in [-0.15, -0.1) is 12.4 Å². The van der Waals surface area contributed by atoms with Gasteiger partial charge < -0.3 is 21.5 Å². The van der Waals surface area contributed by atoms with Gasteiger partial charge in [0.15, 0.2) is 0 Å². The number of benzene rings is 1. The monoisotopic (exact) mass is 355 g/mol. The van der Waals surface area contributed by atoms with E-state index in [1.807, 2.05) is 26.8 Å². The number of amides is 2. The molecule has 0 aliphatic heterocycles. The number of rotatable bonds is 6. The molecule has 2 rings (SSSR count). The van der Waals surface area contributed by atoms with E-state index >= 15 is 0 Å². The molecule has 1 fully saturated rings. The summed E-state index contributed by atoms with van der Waals surface area (Å²) in [6.45, 7) is 6.73. The number of hydrogen-bond donors (Lipinski definition) is 3. The summed E-state index contributed by atoms with van der Waals surface area (Å²) in [7, 11) is 0. The zero-order valence-electron chi connectivity index (χ0n) is 14.3. The highest BCUT2D eigenvalue weighted by atomic mass is 35.5. The van der Waals surface area contributed by atoms with E-state index in [0.29, 0.717) is 25.1 Å². The van der Waals surface area contributed by atoms with Gasteiger partial charge in [-0.2, -0.15) is 0 Å². The lowest BCUT2D eigenvalue weighted by Gasteiger charge is -2.57. The lowest BCUT2D eigenvalue weighted by Crippen LogP contribution is -2.75. The summed E-state index contributed by atoms with van der Waals surface area (Å²) in [6, 6.07) is 6.86. The quantitative estimate of drug-likeness (QED) is 0.715. The van der Waals surface area contributed by atoms with Gasteiger partial charge in [0.25, 0.3) is 0 Å². The molecule has 1 saturated carbocycles. The smallest absolute Gasteiger partial charge is 0.248 e. The van der Waals surface area contributed by atoms with E-state index in [9.17, 15) is 9.59 Å². The summed E-state index contributed by atoms with van der Waals surface area (Å²) in [5.74, 6) is -0.698. The normalized spacial score (nSPS) is 24.4. The third-order valence-electron chi connectivity index (χ3n) is 4.90. The summed E-state index contributed by atoms with van der Waals surface area (Å²) >= 11 is 0. The molecule has 0 heterocycles. The Labute approximate surface area is 148 Å². The zero-order valence-corrected chi connectivity index (χ0v) is 15.1. The van der Waals surface area contributed by atoms with Gasteiger partial charge in [0.05, 0.1) is 6.10 Å². The van der Waals surface area contributed by atoms with Crippen molar-refractivity contribution in [3.8, 4) is 0 Å². The molecule has 2 atom stereocenters. The number of hydrogen-bond acceptors (Lipinski definition) is 4. The van der Waals surface area contributed by atoms with E-state index < -0.39 is 16.9 Å². The van der Waals surface area contributed by atoms with E-state index in [1.54, 1.807) is 18.2 Å². The molecule has 0 bridgehead atoms. The average Bonchev–Trinajstić information content (AvgIpc) is 2.52. The molecule has 24 heavy (non-hydrogen) atoms.